The van der Waals surface area contributed by atoms with Crippen LogP contribution in [0.1, 0.15) is 16.7 Å². The molecule has 1 heterocycles. The van der Waals surface area contributed by atoms with Crippen molar-refractivity contribution in [3.8, 4) is 5.75 Å². The van der Waals surface area contributed by atoms with Crippen LogP contribution in [0.15, 0.2) is 47.4 Å². The minimum absolute atomic E-state index is 0.0745. The zero-order chi connectivity index (χ0) is 17.3. The molecule has 0 radical (unpaired) electrons. The molecule has 3 rings (SSSR count). The predicted octanol–water partition coefficient (Wildman–Crippen LogP) is 4.72. The van der Waals surface area contributed by atoms with E-state index in [-0.39, 0.29) is 5.91 Å². The van der Waals surface area contributed by atoms with Crippen LogP contribution in [-0.2, 0) is 4.79 Å². The van der Waals surface area contributed by atoms with Crippen molar-refractivity contribution in [1.82, 2.24) is 0 Å². The lowest BCUT2D eigenvalue weighted by Crippen LogP contribution is -2.28. The second-order valence-electron chi connectivity index (χ2n) is 5.51. The van der Waals surface area contributed by atoms with Gasteiger partial charge in [-0.2, -0.15) is 0 Å². The maximum Gasteiger partial charge on any atom is 0.270 e. The summed E-state index contributed by atoms with van der Waals surface area (Å²) in [5, 5.41) is 0. The van der Waals surface area contributed by atoms with Crippen LogP contribution in [0, 0.1) is 13.8 Å². The number of aryl methyl sites for hydroxylation is 1. The van der Waals surface area contributed by atoms with E-state index in [9.17, 15) is 4.79 Å². The van der Waals surface area contributed by atoms with E-state index in [4.69, 9.17) is 17.0 Å². The van der Waals surface area contributed by atoms with Crippen molar-refractivity contribution in [3.63, 3.8) is 0 Å². The van der Waals surface area contributed by atoms with Crippen LogP contribution in [0.25, 0.3) is 6.08 Å². The van der Waals surface area contributed by atoms with Gasteiger partial charge in [-0.15, -0.1) is 0 Å². The number of rotatable bonds is 3. The van der Waals surface area contributed by atoms with Gasteiger partial charge in [0.1, 0.15) is 5.75 Å². The molecule has 1 fully saturated rings. The number of carbonyl (C=O) groups excluding carboxylic acids is 1. The molecule has 0 atom stereocenters. The molecule has 0 spiro atoms. The highest BCUT2D eigenvalue weighted by molar-refractivity contribution is 8.27. The van der Waals surface area contributed by atoms with Crippen LogP contribution >= 0.6 is 24.0 Å². The molecule has 0 bridgehead atoms. The Hall–Kier alpha value is -2.11. The number of hydrogen-bond donors (Lipinski definition) is 0. The molecular weight excluding hydrogens is 338 g/mol. The average molecular weight is 355 g/mol. The molecule has 0 saturated carbocycles. The third-order valence-corrected chi connectivity index (χ3v) is 5.33. The molecule has 3 nitrogen and oxygen atoms in total. The Bertz CT molecular complexity index is 841. The number of benzene rings is 2. The first-order valence-corrected chi connectivity index (χ1v) is 8.72. The number of ether oxygens (including phenoxy) is 1. The molecule has 1 amide bonds. The average Bonchev–Trinajstić information content (AvgIpc) is 2.85. The minimum atomic E-state index is -0.0745. The van der Waals surface area contributed by atoms with E-state index in [1.807, 2.05) is 62.4 Å². The van der Waals surface area contributed by atoms with E-state index >= 15 is 0 Å². The summed E-state index contributed by atoms with van der Waals surface area (Å²) in [6.07, 6.45) is 1.86. The molecule has 0 aromatic heterocycles. The van der Waals surface area contributed by atoms with E-state index in [1.165, 1.54) is 11.8 Å². The van der Waals surface area contributed by atoms with Crippen molar-refractivity contribution in [1.29, 1.82) is 0 Å². The summed E-state index contributed by atoms with van der Waals surface area (Å²) in [4.78, 5) is 15.1. The monoisotopic (exact) mass is 355 g/mol. The molecule has 0 N–H and O–H groups in total. The largest absolute Gasteiger partial charge is 0.497 e. The molecule has 122 valence electrons. The third kappa shape index (κ3) is 3.09. The number of carbonyl (C=O) groups is 1. The number of anilines is 1. The first-order chi connectivity index (χ1) is 11.5. The molecule has 1 aliphatic rings. The summed E-state index contributed by atoms with van der Waals surface area (Å²) in [7, 11) is 1.63. The highest BCUT2D eigenvalue weighted by atomic mass is 32.2. The summed E-state index contributed by atoms with van der Waals surface area (Å²) >= 11 is 6.78. The lowest BCUT2D eigenvalue weighted by Gasteiger charge is -2.18. The maximum atomic E-state index is 12.8. The number of amides is 1. The van der Waals surface area contributed by atoms with Gasteiger partial charge in [-0.05, 0) is 54.8 Å². The van der Waals surface area contributed by atoms with Crippen LogP contribution in [0.2, 0.25) is 0 Å². The van der Waals surface area contributed by atoms with Crippen molar-refractivity contribution in [2.45, 2.75) is 13.8 Å². The molecule has 2 aromatic rings. The van der Waals surface area contributed by atoms with Crippen molar-refractivity contribution < 1.29 is 9.53 Å². The van der Waals surface area contributed by atoms with Gasteiger partial charge in [0, 0.05) is 0 Å². The minimum Gasteiger partial charge on any atom is -0.497 e. The van der Waals surface area contributed by atoms with E-state index in [2.05, 4.69) is 0 Å². The van der Waals surface area contributed by atoms with Gasteiger partial charge < -0.3 is 4.74 Å². The second-order valence-corrected chi connectivity index (χ2v) is 7.19. The number of hydrogen-bond acceptors (Lipinski definition) is 4. The van der Waals surface area contributed by atoms with Crippen LogP contribution in [0.5, 0.6) is 5.75 Å². The Balaban J connectivity index is 1.93. The fourth-order valence-electron chi connectivity index (χ4n) is 2.50. The lowest BCUT2D eigenvalue weighted by atomic mass is 10.1. The quantitative estimate of drug-likeness (QED) is 0.589. The normalized spacial score (nSPS) is 16.1. The molecule has 2 aromatic carbocycles. The van der Waals surface area contributed by atoms with Gasteiger partial charge in [-0.25, -0.2) is 0 Å². The molecule has 1 saturated heterocycles. The number of thioether (sulfide) groups is 1. The Kier molecular flexibility index (Phi) is 4.73. The van der Waals surface area contributed by atoms with E-state index in [0.29, 0.717) is 9.23 Å². The van der Waals surface area contributed by atoms with Crippen molar-refractivity contribution in [3.05, 3.63) is 64.1 Å². The Morgan fingerprint density at radius 2 is 1.83 bits per heavy atom. The second kappa shape index (κ2) is 6.79. The van der Waals surface area contributed by atoms with Crippen molar-refractivity contribution in [2.24, 2.45) is 0 Å². The molecule has 1 aliphatic heterocycles. The Morgan fingerprint density at radius 1 is 1.12 bits per heavy atom. The predicted molar refractivity (Wildman–Crippen MR) is 105 cm³/mol. The molecule has 5 heteroatoms. The Labute approximate surface area is 151 Å². The number of nitrogens with zero attached hydrogens (tertiary/aromatic N) is 1. The topological polar surface area (TPSA) is 29.5 Å². The summed E-state index contributed by atoms with van der Waals surface area (Å²) in [6, 6.07) is 13.5. The van der Waals surface area contributed by atoms with E-state index in [1.54, 1.807) is 12.0 Å². The fourth-order valence-corrected chi connectivity index (χ4v) is 3.79. The van der Waals surface area contributed by atoms with E-state index < -0.39 is 0 Å². The molecule has 24 heavy (non-hydrogen) atoms. The maximum absolute atomic E-state index is 12.8. The standard InChI is InChI=1S/C19H17NO2S2/c1-12-5-4-6-16(13(12)2)20-18(21)17(24-19(20)23)11-14-7-9-15(22-3)10-8-14/h4-11H,1-3H3. The molecule has 0 aliphatic carbocycles. The summed E-state index contributed by atoms with van der Waals surface area (Å²) < 4.78 is 5.72. The van der Waals surface area contributed by atoms with Crippen molar-refractivity contribution in [2.75, 3.05) is 12.0 Å². The number of thiocarbonyl (C=S) groups is 1. The first kappa shape index (κ1) is 16.7. The van der Waals surface area contributed by atoms with Crippen LogP contribution in [0.4, 0.5) is 5.69 Å². The van der Waals surface area contributed by atoms with Gasteiger partial charge in [0.05, 0.1) is 17.7 Å². The summed E-state index contributed by atoms with van der Waals surface area (Å²) in [5.41, 5.74) is 4.01. The smallest absolute Gasteiger partial charge is 0.270 e. The van der Waals surface area contributed by atoms with Crippen LogP contribution in [0.3, 0.4) is 0 Å². The van der Waals surface area contributed by atoms with Crippen molar-refractivity contribution >= 4 is 46.0 Å². The highest BCUT2D eigenvalue weighted by Crippen LogP contribution is 2.37. The fraction of sp³-hybridized carbons (Fsp3) is 0.158. The summed E-state index contributed by atoms with van der Waals surface area (Å²) in [6.45, 7) is 4.04. The lowest BCUT2D eigenvalue weighted by molar-refractivity contribution is -0.113. The third-order valence-electron chi connectivity index (χ3n) is 4.02. The first-order valence-electron chi connectivity index (χ1n) is 7.49. The molecule has 0 unspecified atom stereocenters. The van der Waals surface area contributed by atoms with Gasteiger partial charge in [0.15, 0.2) is 4.32 Å². The Morgan fingerprint density at radius 3 is 2.50 bits per heavy atom. The van der Waals surface area contributed by atoms with Gasteiger partial charge in [0.25, 0.3) is 5.91 Å². The molecular formula is C19H17NO2S2. The zero-order valence-corrected chi connectivity index (χ0v) is 15.3. The van der Waals surface area contributed by atoms with Gasteiger partial charge >= 0.3 is 0 Å². The highest BCUT2D eigenvalue weighted by Gasteiger charge is 2.34. The van der Waals surface area contributed by atoms with Gasteiger partial charge in [-0.1, -0.05) is 48.2 Å². The van der Waals surface area contributed by atoms with E-state index in [0.717, 1.165) is 28.1 Å². The van der Waals surface area contributed by atoms with Gasteiger partial charge in [0.2, 0.25) is 0 Å². The SMILES string of the molecule is COc1ccc(C=C2SC(=S)N(c3cccc(C)c3C)C2=O)cc1. The summed E-state index contributed by atoms with van der Waals surface area (Å²) in [5.74, 6) is 0.713. The van der Waals surface area contributed by atoms with Gasteiger partial charge in [-0.3, -0.25) is 9.69 Å². The van der Waals surface area contributed by atoms with Crippen LogP contribution in [-0.4, -0.2) is 17.3 Å². The zero-order valence-electron chi connectivity index (χ0n) is 13.7. The number of methoxy groups -OCH3 is 1. The van der Waals surface area contributed by atoms with Crippen LogP contribution < -0.4 is 9.64 Å².